The van der Waals surface area contributed by atoms with Crippen LogP contribution in [0.15, 0.2) is 241 Å². The lowest BCUT2D eigenvalue weighted by Gasteiger charge is -2.34. The number of rotatable bonds is 8. The predicted octanol–water partition coefficient (Wildman–Crippen LogP) is 16.2. The molecule has 0 N–H and O–H groups in total. The molecule has 3 nitrogen and oxygen atoms in total. The molecule has 1 aliphatic rings. The van der Waals surface area contributed by atoms with E-state index < -0.39 is 0 Å². The second-order valence-corrected chi connectivity index (χ2v) is 16.4. The minimum Gasteiger partial charge on any atom is -0.455 e. The van der Waals surface area contributed by atoms with Crippen LogP contribution < -0.4 is 4.90 Å². The fourth-order valence-corrected chi connectivity index (χ4v) is 9.85. The van der Waals surface area contributed by atoms with Gasteiger partial charge in [0.1, 0.15) is 11.2 Å². The SMILES string of the molecule is C1=CC(c2ccccc2)=CC(N(c2ccc(-c3ccccc3-c3ccccc3-n3c4ccccc4c4ccccc43)cc2)c2cccc(-c3cccc4c3oc3ccccc34)c2)C1. The number of hydrogen-bond donors (Lipinski definition) is 0. The van der Waals surface area contributed by atoms with Crippen LogP contribution in [0.4, 0.5) is 11.4 Å². The topological polar surface area (TPSA) is 21.3 Å². The van der Waals surface area contributed by atoms with Crippen molar-refractivity contribution in [1.82, 2.24) is 4.57 Å². The molecule has 0 spiro atoms. The highest BCUT2D eigenvalue weighted by Gasteiger charge is 2.23. The van der Waals surface area contributed by atoms with Crippen LogP contribution in [0.3, 0.4) is 0 Å². The average molecular weight is 807 g/mol. The molecule has 0 amide bonds. The Morgan fingerprint density at radius 3 is 1.83 bits per heavy atom. The molecule has 0 radical (unpaired) electrons. The standard InChI is InChI=1S/C60H42N2O/c1-2-17-41(18-3-1)43-19-14-21-46(39-43)61(47-22-15-20-44(40-47)49-29-16-30-55-54-28-9-13-34-59(54)63-60(49)55)45-37-35-42(36-38-45)48-23-4-5-24-50(48)51-25-6-10-31-56(51)62-57-32-11-7-26-52(57)53-27-8-12-33-58(53)62/h1-20,22-40,46H,21H2. The molecule has 9 aromatic carbocycles. The maximum atomic E-state index is 6.53. The molecule has 0 fully saturated rings. The average Bonchev–Trinajstić information content (AvgIpc) is 3.91. The zero-order chi connectivity index (χ0) is 41.7. The van der Waals surface area contributed by atoms with Gasteiger partial charge in [0, 0.05) is 44.0 Å². The number of hydrogen-bond acceptors (Lipinski definition) is 2. The van der Waals surface area contributed by atoms with Gasteiger partial charge in [-0.05, 0) is 88.3 Å². The number of allylic oxidation sites excluding steroid dienone is 2. The maximum absolute atomic E-state index is 6.53. The van der Waals surface area contributed by atoms with Gasteiger partial charge in [-0.25, -0.2) is 0 Å². The van der Waals surface area contributed by atoms with E-state index in [9.17, 15) is 0 Å². The molecular formula is C60H42N2O. The Morgan fingerprint density at radius 1 is 0.429 bits per heavy atom. The van der Waals surface area contributed by atoms with Crippen LogP contribution in [0.5, 0.6) is 0 Å². The minimum absolute atomic E-state index is 0.0821. The lowest BCUT2D eigenvalue weighted by molar-refractivity contribution is 0.670. The second-order valence-electron chi connectivity index (χ2n) is 16.4. The Balaban J connectivity index is 0.970. The lowest BCUT2D eigenvalue weighted by Crippen LogP contribution is -2.30. The van der Waals surface area contributed by atoms with Crippen LogP contribution in [0.25, 0.3) is 88.4 Å². The number of fused-ring (bicyclic) bond motifs is 6. The highest BCUT2D eigenvalue weighted by atomic mass is 16.3. The molecule has 3 heteroatoms. The Hall–Kier alpha value is -8.14. The van der Waals surface area contributed by atoms with E-state index in [1.807, 2.05) is 6.07 Å². The van der Waals surface area contributed by atoms with Crippen molar-refractivity contribution >= 4 is 60.7 Å². The summed E-state index contributed by atoms with van der Waals surface area (Å²) in [6, 6.07) is 78.8. The molecule has 1 aliphatic carbocycles. The first kappa shape index (κ1) is 36.7. The first-order valence-electron chi connectivity index (χ1n) is 21.8. The summed E-state index contributed by atoms with van der Waals surface area (Å²) >= 11 is 0. The number of nitrogens with zero attached hydrogens (tertiary/aromatic N) is 2. The Kier molecular flexibility index (Phi) is 8.97. The highest BCUT2D eigenvalue weighted by Crippen LogP contribution is 2.42. The number of anilines is 2. The predicted molar refractivity (Wildman–Crippen MR) is 265 cm³/mol. The molecule has 1 atom stereocenters. The summed E-state index contributed by atoms with van der Waals surface area (Å²) in [5.74, 6) is 0. The highest BCUT2D eigenvalue weighted by molar-refractivity contribution is 6.11. The van der Waals surface area contributed by atoms with Crippen LogP contribution in [-0.4, -0.2) is 10.6 Å². The van der Waals surface area contributed by atoms with Crippen LogP contribution in [0.1, 0.15) is 12.0 Å². The molecule has 298 valence electrons. The molecule has 2 heterocycles. The molecule has 0 bridgehead atoms. The number of aromatic nitrogens is 1. The molecule has 63 heavy (non-hydrogen) atoms. The summed E-state index contributed by atoms with van der Waals surface area (Å²) in [4.78, 5) is 2.50. The van der Waals surface area contributed by atoms with Gasteiger partial charge in [-0.3, -0.25) is 0 Å². The van der Waals surface area contributed by atoms with E-state index in [-0.39, 0.29) is 6.04 Å². The van der Waals surface area contributed by atoms with E-state index >= 15 is 0 Å². The minimum atomic E-state index is 0.0821. The Bertz CT molecular complexity index is 3500. The number of para-hydroxylation sites is 5. The van der Waals surface area contributed by atoms with E-state index in [4.69, 9.17) is 4.42 Å². The van der Waals surface area contributed by atoms with Crippen molar-refractivity contribution < 1.29 is 4.42 Å². The van der Waals surface area contributed by atoms with E-state index in [1.54, 1.807) is 0 Å². The van der Waals surface area contributed by atoms with Gasteiger partial charge < -0.3 is 13.9 Å². The van der Waals surface area contributed by atoms with E-state index in [2.05, 4.69) is 240 Å². The van der Waals surface area contributed by atoms with Gasteiger partial charge in [-0.2, -0.15) is 0 Å². The quantitative estimate of drug-likeness (QED) is 0.153. The third kappa shape index (κ3) is 6.36. The van der Waals surface area contributed by atoms with Crippen LogP contribution >= 0.6 is 0 Å². The number of furan rings is 1. The van der Waals surface area contributed by atoms with Crippen molar-refractivity contribution in [2.45, 2.75) is 12.5 Å². The zero-order valence-electron chi connectivity index (χ0n) is 34.6. The third-order valence-corrected chi connectivity index (χ3v) is 12.7. The van der Waals surface area contributed by atoms with Crippen molar-refractivity contribution in [3.8, 4) is 39.1 Å². The Labute approximate surface area is 366 Å². The van der Waals surface area contributed by atoms with Crippen molar-refractivity contribution in [3.63, 3.8) is 0 Å². The van der Waals surface area contributed by atoms with E-state index in [0.717, 1.165) is 56.5 Å². The fraction of sp³-hybridized carbons (Fsp3) is 0.0333. The van der Waals surface area contributed by atoms with Crippen molar-refractivity contribution in [2.75, 3.05) is 4.90 Å². The molecule has 0 aliphatic heterocycles. The molecule has 0 saturated carbocycles. The van der Waals surface area contributed by atoms with E-state index in [0.29, 0.717) is 0 Å². The van der Waals surface area contributed by atoms with Gasteiger partial charge in [0.2, 0.25) is 0 Å². The summed E-state index contributed by atoms with van der Waals surface area (Å²) in [6.45, 7) is 0. The maximum Gasteiger partial charge on any atom is 0.143 e. The van der Waals surface area contributed by atoms with E-state index in [1.165, 1.54) is 55.2 Å². The molecule has 1 unspecified atom stereocenters. The second kappa shape index (κ2) is 15.4. The van der Waals surface area contributed by atoms with Gasteiger partial charge in [0.05, 0.1) is 22.8 Å². The number of benzene rings is 9. The van der Waals surface area contributed by atoms with Crippen LogP contribution in [0, 0.1) is 0 Å². The van der Waals surface area contributed by atoms with Crippen LogP contribution in [0.2, 0.25) is 0 Å². The molecule has 11 aromatic rings. The summed E-state index contributed by atoms with van der Waals surface area (Å²) in [5, 5.41) is 4.78. The van der Waals surface area contributed by atoms with Gasteiger partial charge in [0.25, 0.3) is 0 Å². The van der Waals surface area contributed by atoms with Crippen molar-refractivity contribution in [2.24, 2.45) is 0 Å². The molecular weight excluding hydrogens is 765 g/mol. The van der Waals surface area contributed by atoms with Gasteiger partial charge in [0.15, 0.2) is 0 Å². The van der Waals surface area contributed by atoms with Gasteiger partial charge >= 0.3 is 0 Å². The normalized spacial score (nSPS) is 13.8. The fourth-order valence-electron chi connectivity index (χ4n) is 9.85. The van der Waals surface area contributed by atoms with Crippen LogP contribution in [-0.2, 0) is 0 Å². The summed E-state index contributed by atoms with van der Waals surface area (Å²) in [5.41, 5.74) is 17.0. The van der Waals surface area contributed by atoms with Crippen molar-refractivity contribution in [1.29, 1.82) is 0 Å². The van der Waals surface area contributed by atoms with Crippen molar-refractivity contribution in [3.05, 3.63) is 242 Å². The lowest BCUT2D eigenvalue weighted by atomic mass is 9.92. The zero-order valence-corrected chi connectivity index (χ0v) is 34.6. The summed E-state index contributed by atoms with van der Waals surface area (Å²) in [6.07, 6.45) is 7.89. The Morgan fingerprint density at radius 2 is 1.03 bits per heavy atom. The summed E-state index contributed by atoms with van der Waals surface area (Å²) < 4.78 is 8.96. The molecule has 0 saturated heterocycles. The van der Waals surface area contributed by atoms with Gasteiger partial charge in [-0.1, -0.05) is 188 Å². The smallest absolute Gasteiger partial charge is 0.143 e. The largest absolute Gasteiger partial charge is 0.455 e. The molecule has 12 rings (SSSR count). The first-order valence-corrected chi connectivity index (χ1v) is 21.8. The first-order chi connectivity index (χ1) is 31.3. The monoisotopic (exact) mass is 806 g/mol. The third-order valence-electron chi connectivity index (χ3n) is 12.7. The summed E-state index contributed by atoms with van der Waals surface area (Å²) in [7, 11) is 0. The molecule has 2 aromatic heterocycles. The van der Waals surface area contributed by atoms with Gasteiger partial charge in [-0.15, -0.1) is 0 Å².